The first kappa shape index (κ1) is 18.5. The van der Waals surface area contributed by atoms with E-state index in [1.165, 1.54) is 31.9 Å². The molecule has 8 nitrogen and oxygen atoms in total. The molecule has 0 saturated heterocycles. The van der Waals surface area contributed by atoms with Crippen LogP contribution in [0.4, 0.5) is 5.82 Å². The highest BCUT2D eigenvalue weighted by atomic mass is 32.2. The summed E-state index contributed by atoms with van der Waals surface area (Å²) < 4.78 is 23.2. The molecule has 2 N–H and O–H groups in total. The molecule has 3 rings (SSSR count). The van der Waals surface area contributed by atoms with Gasteiger partial charge in [-0.3, -0.25) is 9.89 Å². The quantitative estimate of drug-likeness (QED) is 0.625. The standard InChI is InChI=1S/C17H23N5O3S/c1-11-10-18-17(26(2,24)25)20-15(11)16(23)19-14-9-13(21-22-14)12-7-5-3-4-6-8-12/h9-10,12H,3-8H2,1-2H3,(H2,19,21,22,23). The normalized spacial score (nSPS) is 16.2. The maximum absolute atomic E-state index is 12.5. The molecule has 2 heterocycles. The largest absolute Gasteiger partial charge is 0.304 e. The SMILES string of the molecule is Cc1cnc(S(C)(=O)=O)nc1C(=O)Nc1cc(C2CCCCCC2)[nH]n1. The van der Waals surface area contributed by atoms with Crippen molar-refractivity contribution in [2.24, 2.45) is 0 Å². The number of H-pyrrole nitrogens is 1. The van der Waals surface area contributed by atoms with Crippen molar-refractivity contribution in [3.05, 3.63) is 29.2 Å². The molecule has 2 aromatic heterocycles. The number of carbonyl (C=O) groups excluding carboxylic acids is 1. The van der Waals surface area contributed by atoms with Crippen molar-refractivity contribution in [1.82, 2.24) is 20.2 Å². The zero-order valence-electron chi connectivity index (χ0n) is 14.9. The first-order valence-electron chi connectivity index (χ1n) is 8.75. The second-order valence-electron chi connectivity index (χ2n) is 6.81. The molecule has 2 aromatic rings. The van der Waals surface area contributed by atoms with Crippen LogP contribution >= 0.6 is 0 Å². The summed E-state index contributed by atoms with van der Waals surface area (Å²) in [7, 11) is -3.59. The van der Waals surface area contributed by atoms with E-state index in [1.807, 2.05) is 6.07 Å². The van der Waals surface area contributed by atoms with Crippen molar-refractivity contribution in [2.45, 2.75) is 56.5 Å². The van der Waals surface area contributed by atoms with Crippen LogP contribution in [0.2, 0.25) is 0 Å². The van der Waals surface area contributed by atoms with Gasteiger partial charge in [0, 0.05) is 30.1 Å². The van der Waals surface area contributed by atoms with E-state index in [4.69, 9.17) is 0 Å². The first-order valence-corrected chi connectivity index (χ1v) is 10.6. The highest BCUT2D eigenvalue weighted by Gasteiger charge is 2.20. The van der Waals surface area contributed by atoms with Crippen molar-refractivity contribution < 1.29 is 13.2 Å². The van der Waals surface area contributed by atoms with Gasteiger partial charge in [0.05, 0.1) is 0 Å². The number of rotatable bonds is 4. The van der Waals surface area contributed by atoms with E-state index in [2.05, 4.69) is 25.5 Å². The van der Waals surface area contributed by atoms with E-state index >= 15 is 0 Å². The van der Waals surface area contributed by atoms with Crippen LogP contribution in [0.5, 0.6) is 0 Å². The van der Waals surface area contributed by atoms with Gasteiger partial charge >= 0.3 is 0 Å². The Kier molecular flexibility index (Phi) is 5.36. The number of sulfone groups is 1. The van der Waals surface area contributed by atoms with E-state index in [9.17, 15) is 13.2 Å². The Morgan fingerprint density at radius 3 is 2.58 bits per heavy atom. The second kappa shape index (κ2) is 7.53. The molecule has 0 unspecified atom stereocenters. The van der Waals surface area contributed by atoms with E-state index in [0.717, 1.165) is 24.8 Å². The summed E-state index contributed by atoms with van der Waals surface area (Å²) >= 11 is 0. The third-order valence-corrected chi connectivity index (χ3v) is 5.49. The van der Waals surface area contributed by atoms with Gasteiger partial charge in [-0.05, 0) is 25.3 Å². The van der Waals surface area contributed by atoms with Crippen LogP contribution < -0.4 is 5.32 Å². The molecule has 26 heavy (non-hydrogen) atoms. The number of carbonyl (C=O) groups is 1. The van der Waals surface area contributed by atoms with Crippen LogP contribution in [0.25, 0.3) is 0 Å². The minimum Gasteiger partial charge on any atom is -0.304 e. The van der Waals surface area contributed by atoms with Crippen LogP contribution in [0.3, 0.4) is 0 Å². The molecule has 0 spiro atoms. The third kappa shape index (κ3) is 4.27. The lowest BCUT2D eigenvalue weighted by molar-refractivity contribution is 0.102. The third-order valence-electron chi connectivity index (χ3n) is 4.63. The maximum Gasteiger partial charge on any atom is 0.275 e. The lowest BCUT2D eigenvalue weighted by Crippen LogP contribution is -2.18. The van der Waals surface area contributed by atoms with Gasteiger partial charge in [0.2, 0.25) is 15.0 Å². The van der Waals surface area contributed by atoms with Crippen LogP contribution in [0.15, 0.2) is 17.4 Å². The predicted octanol–water partition coefficient (Wildman–Crippen LogP) is 2.60. The fourth-order valence-electron chi connectivity index (χ4n) is 3.21. The van der Waals surface area contributed by atoms with Crippen molar-refractivity contribution in [3.63, 3.8) is 0 Å². The summed E-state index contributed by atoms with van der Waals surface area (Å²) in [5.41, 5.74) is 1.55. The molecular weight excluding hydrogens is 354 g/mol. The summed E-state index contributed by atoms with van der Waals surface area (Å²) in [4.78, 5) is 20.2. The number of aromatic amines is 1. The zero-order chi connectivity index (χ0) is 18.7. The van der Waals surface area contributed by atoms with Gasteiger partial charge in [0.15, 0.2) is 5.82 Å². The Morgan fingerprint density at radius 1 is 1.23 bits per heavy atom. The number of anilines is 1. The van der Waals surface area contributed by atoms with Crippen molar-refractivity contribution in [3.8, 4) is 0 Å². The lowest BCUT2D eigenvalue weighted by Gasteiger charge is -2.10. The number of hydrogen-bond acceptors (Lipinski definition) is 6. The molecule has 1 saturated carbocycles. The molecule has 140 valence electrons. The summed E-state index contributed by atoms with van der Waals surface area (Å²) in [6, 6.07) is 1.85. The minimum atomic E-state index is -3.59. The van der Waals surface area contributed by atoms with Crippen molar-refractivity contribution in [1.29, 1.82) is 0 Å². The molecule has 0 aromatic carbocycles. The molecule has 1 amide bonds. The topological polar surface area (TPSA) is 118 Å². The summed E-state index contributed by atoms with van der Waals surface area (Å²) in [5.74, 6) is 0.343. The van der Waals surface area contributed by atoms with E-state index in [0.29, 0.717) is 17.3 Å². The smallest absolute Gasteiger partial charge is 0.275 e. The highest BCUT2D eigenvalue weighted by Crippen LogP contribution is 2.31. The fourth-order valence-corrected chi connectivity index (χ4v) is 3.71. The second-order valence-corrected chi connectivity index (χ2v) is 8.72. The Morgan fingerprint density at radius 2 is 1.92 bits per heavy atom. The Hall–Kier alpha value is -2.29. The van der Waals surface area contributed by atoms with Gasteiger partial charge < -0.3 is 5.32 Å². The molecule has 1 aliphatic carbocycles. The van der Waals surface area contributed by atoms with Gasteiger partial charge in [-0.2, -0.15) is 5.10 Å². The zero-order valence-corrected chi connectivity index (χ0v) is 15.8. The summed E-state index contributed by atoms with van der Waals surface area (Å²) in [5, 5.41) is 9.51. The van der Waals surface area contributed by atoms with E-state index < -0.39 is 15.7 Å². The van der Waals surface area contributed by atoms with Gasteiger partial charge in [0.1, 0.15) is 5.69 Å². The average molecular weight is 377 g/mol. The minimum absolute atomic E-state index is 0.0273. The highest BCUT2D eigenvalue weighted by molar-refractivity contribution is 7.90. The van der Waals surface area contributed by atoms with Crippen molar-refractivity contribution in [2.75, 3.05) is 11.6 Å². The average Bonchev–Trinajstić information content (AvgIpc) is 2.87. The van der Waals surface area contributed by atoms with Gasteiger partial charge in [-0.1, -0.05) is 25.7 Å². The molecule has 0 atom stereocenters. The molecule has 1 fully saturated rings. The maximum atomic E-state index is 12.5. The number of aryl methyl sites for hydroxylation is 1. The predicted molar refractivity (Wildman–Crippen MR) is 96.9 cm³/mol. The lowest BCUT2D eigenvalue weighted by atomic mass is 9.97. The fraction of sp³-hybridized carbons (Fsp3) is 0.529. The number of nitrogens with one attached hydrogen (secondary N) is 2. The van der Waals surface area contributed by atoms with Crippen LogP contribution in [-0.4, -0.2) is 40.7 Å². The summed E-state index contributed by atoms with van der Waals surface area (Å²) in [6.07, 6.45) is 9.54. The Balaban J connectivity index is 1.76. The molecule has 9 heteroatoms. The Bertz CT molecular complexity index is 899. The van der Waals surface area contributed by atoms with Gasteiger partial charge in [-0.15, -0.1) is 0 Å². The number of aromatic nitrogens is 4. The Labute approximate surface area is 152 Å². The first-order chi connectivity index (χ1) is 12.3. The molecule has 0 bridgehead atoms. The molecule has 0 aliphatic heterocycles. The van der Waals surface area contributed by atoms with Gasteiger partial charge in [0.25, 0.3) is 5.91 Å². The number of nitrogens with zero attached hydrogens (tertiary/aromatic N) is 3. The van der Waals surface area contributed by atoms with E-state index in [-0.39, 0.29) is 10.9 Å². The number of amides is 1. The molecular formula is C17H23N5O3S. The molecule has 1 aliphatic rings. The number of hydrogen-bond donors (Lipinski definition) is 2. The monoisotopic (exact) mass is 377 g/mol. The molecule has 0 radical (unpaired) electrons. The van der Waals surface area contributed by atoms with E-state index in [1.54, 1.807) is 6.92 Å². The van der Waals surface area contributed by atoms with Crippen LogP contribution in [0, 0.1) is 6.92 Å². The van der Waals surface area contributed by atoms with Crippen molar-refractivity contribution >= 4 is 21.6 Å². The van der Waals surface area contributed by atoms with Crippen LogP contribution in [0.1, 0.15) is 66.2 Å². The van der Waals surface area contributed by atoms with Gasteiger partial charge in [-0.25, -0.2) is 18.4 Å². The van der Waals surface area contributed by atoms with Crippen LogP contribution in [-0.2, 0) is 9.84 Å². The summed E-state index contributed by atoms with van der Waals surface area (Å²) in [6.45, 7) is 1.66.